The summed E-state index contributed by atoms with van der Waals surface area (Å²) in [5.74, 6) is -0.375. The van der Waals surface area contributed by atoms with Crippen LogP contribution in [0.1, 0.15) is 40.5 Å². The minimum Gasteiger partial charge on any atom is -0.443 e. The van der Waals surface area contributed by atoms with E-state index in [0.29, 0.717) is 6.42 Å². The van der Waals surface area contributed by atoms with E-state index in [2.05, 4.69) is 0 Å². The van der Waals surface area contributed by atoms with Crippen molar-refractivity contribution in [1.82, 2.24) is 4.90 Å². The number of aliphatic hydroxyl groups is 1. The Morgan fingerprint density at radius 1 is 1.50 bits per heavy atom. The normalized spacial score (nSPS) is 26.8. The van der Waals surface area contributed by atoms with Crippen molar-refractivity contribution in [3.63, 3.8) is 0 Å². The highest BCUT2D eigenvalue weighted by Gasteiger charge is 2.36. The Labute approximate surface area is 95.4 Å². The number of nitrogens with zero attached hydrogens (tertiary/aromatic N) is 1. The van der Waals surface area contributed by atoms with Crippen LogP contribution in [0.3, 0.4) is 0 Å². The van der Waals surface area contributed by atoms with E-state index in [1.165, 1.54) is 0 Å². The summed E-state index contributed by atoms with van der Waals surface area (Å²) in [6.45, 7) is 6.97. The van der Waals surface area contributed by atoms with Crippen molar-refractivity contribution in [2.24, 2.45) is 0 Å². The van der Waals surface area contributed by atoms with Crippen LogP contribution in [-0.2, 0) is 9.53 Å². The highest BCUT2D eigenvalue weighted by atomic mass is 16.6. The smallest absolute Gasteiger partial charge is 0.417 e. The lowest BCUT2D eigenvalue weighted by Crippen LogP contribution is -2.51. The first-order valence-electron chi connectivity index (χ1n) is 5.44. The molecule has 1 aliphatic heterocycles. The third kappa shape index (κ3) is 3.20. The van der Waals surface area contributed by atoms with Crippen LogP contribution in [0.2, 0.25) is 0 Å². The zero-order valence-electron chi connectivity index (χ0n) is 10.2. The predicted molar refractivity (Wildman–Crippen MR) is 57.8 cm³/mol. The number of carbonyl (C=O) groups excluding carboxylic acids is 2. The molecule has 0 radical (unpaired) electrons. The number of aliphatic hydroxyl groups excluding tert-OH is 1. The highest BCUT2D eigenvalue weighted by Crippen LogP contribution is 2.21. The molecular formula is C11H19NO4. The van der Waals surface area contributed by atoms with Gasteiger partial charge in [-0.3, -0.25) is 4.79 Å². The standard InChI is InChI=1S/C11H19NO4/c1-7-5-8(13)6-9(14)12(7)10(15)16-11(2,3)4/h7-8,13H,5-6H2,1-4H3/t7-,8+/m0/s1. The number of imide groups is 1. The van der Waals surface area contributed by atoms with Crippen molar-refractivity contribution >= 4 is 12.0 Å². The Kier molecular flexibility index (Phi) is 3.57. The van der Waals surface area contributed by atoms with E-state index < -0.39 is 17.8 Å². The first kappa shape index (κ1) is 13.0. The number of hydrogen-bond donors (Lipinski definition) is 1. The first-order valence-corrected chi connectivity index (χ1v) is 5.44. The molecule has 2 atom stereocenters. The molecule has 0 aromatic heterocycles. The largest absolute Gasteiger partial charge is 0.443 e. The highest BCUT2D eigenvalue weighted by molar-refractivity contribution is 5.93. The Hall–Kier alpha value is -1.10. The van der Waals surface area contributed by atoms with Gasteiger partial charge in [-0.15, -0.1) is 0 Å². The number of carbonyl (C=O) groups is 2. The number of hydrogen-bond acceptors (Lipinski definition) is 4. The van der Waals surface area contributed by atoms with Gasteiger partial charge in [0.2, 0.25) is 5.91 Å². The van der Waals surface area contributed by atoms with E-state index >= 15 is 0 Å². The van der Waals surface area contributed by atoms with Crippen molar-refractivity contribution < 1.29 is 19.4 Å². The molecule has 2 amide bonds. The fourth-order valence-corrected chi connectivity index (χ4v) is 1.72. The molecule has 0 spiro atoms. The van der Waals surface area contributed by atoms with Crippen LogP contribution < -0.4 is 0 Å². The van der Waals surface area contributed by atoms with E-state index in [4.69, 9.17) is 4.74 Å². The molecular weight excluding hydrogens is 210 g/mol. The van der Waals surface area contributed by atoms with Gasteiger partial charge in [0.15, 0.2) is 0 Å². The van der Waals surface area contributed by atoms with Crippen LogP contribution in [0.5, 0.6) is 0 Å². The van der Waals surface area contributed by atoms with Gasteiger partial charge in [-0.1, -0.05) is 0 Å². The van der Waals surface area contributed by atoms with Crippen molar-refractivity contribution in [1.29, 1.82) is 0 Å². The summed E-state index contributed by atoms with van der Waals surface area (Å²) in [7, 11) is 0. The maximum atomic E-state index is 11.7. The van der Waals surface area contributed by atoms with Crippen LogP contribution in [0.15, 0.2) is 0 Å². The van der Waals surface area contributed by atoms with Gasteiger partial charge in [0.1, 0.15) is 5.60 Å². The number of amides is 2. The SMILES string of the molecule is C[C@H]1C[C@@H](O)CC(=O)N1C(=O)OC(C)(C)C. The molecule has 0 aliphatic carbocycles. The molecule has 92 valence electrons. The maximum Gasteiger partial charge on any atom is 0.417 e. The average molecular weight is 229 g/mol. The summed E-state index contributed by atoms with van der Waals surface area (Å²) in [4.78, 5) is 24.4. The molecule has 5 nitrogen and oxygen atoms in total. The predicted octanol–water partition coefficient (Wildman–Crippen LogP) is 1.29. The third-order valence-electron chi connectivity index (χ3n) is 2.32. The number of rotatable bonds is 0. The summed E-state index contributed by atoms with van der Waals surface area (Å²) in [6.07, 6.45) is -0.882. The minimum atomic E-state index is -0.652. The van der Waals surface area contributed by atoms with E-state index in [1.54, 1.807) is 27.7 Å². The average Bonchev–Trinajstić information content (AvgIpc) is 1.96. The molecule has 1 fully saturated rings. The van der Waals surface area contributed by atoms with Crippen molar-refractivity contribution in [2.45, 2.75) is 58.3 Å². The van der Waals surface area contributed by atoms with E-state index in [-0.39, 0.29) is 18.4 Å². The zero-order valence-corrected chi connectivity index (χ0v) is 10.2. The van der Waals surface area contributed by atoms with E-state index in [0.717, 1.165) is 4.90 Å². The lowest BCUT2D eigenvalue weighted by molar-refractivity contribution is -0.138. The van der Waals surface area contributed by atoms with Gasteiger partial charge < -0.3 is 9.84 Å². The maximum absolute atomic E-state index is 11.7. The lowest BCUT2D eigenvalue weighted by atomic mass is 10.0. The molecule has 5 heteroatoms. The monoisotopic (exact) mass is 229 g/mol. The topological polar surface area (TPSA) is 66.8 Å². The van der Waals surface area contributed by atoms with Crippen LogP contribution in [0.25, 0.3) is 0 Å². The molecule has 0 aromatic carbocycles. The van der Waals surface area contributed by atoms with E-state index in [9.17, 15) is 14.7 Å². The zero-order chi connectivity index (χ0) is 12.5. The summed E-state index contributed by atoms with van der Waals surface area (Å²) in [5, 5.41) is 9.38. The minimum absolute atomic E-state index is 0.0103. The first-order chi connectivity index (χ1) is 7.20. The van der Waals surface area contributed by atoms with Crippen LogP contribution in [0, 0.1) is 0 Å². The molecule has 1 rings (SSSR count). The van der Waals surface area contributed by atoms with Crippen LogP contribution in [0.4, 0.5) is 4.79 Å². The molecule has 0 aromatic rings. The molecule has 1 heterocycles. The summed E-state index contributed by atoms with van der Waals surface area (Å²) in [5.41, 5.74) is -0.618. The number of likely N-dealkylation sites (tertiary alicyclic amines) is 1. The van der Waals surface area contributed by atoms with Gasteiger partial charge in [0.25, 0.3) is 0 Å². The quantitative estimate of drug-likeness (QED) is 0.679. The Morgan fingerprint density at radius 2 is 2.06 bits per heavy atom. The molecule has 1 saturated heterocycles. The van der Waals surface area contributed by atoms with Crippen molar-refractivity contribution in [2.75, 3.05) is 0 Å². The van der Waals surface area contributed by atoms with Crippen molar-refractivity contribution in [3.05, 3.63) is 0 Å². The molecule has 16 heavy (non-hydrogen) atoms. The lowest BCUT2D eigenvalue weighted by Gasteiger charge is -2.35. The van der Waals surface area contributed by atoms with Crippen molar-refractivity contribution in [3.8, 4) is 0 Å². The van der Waals surface area contributed by atoms with Gasteiger partial charge in [-0.2, -0.15) is 0 Å². The fourth-order valence-electron chi connectivity index (χ4n) is 1.72. The fraction of sp³-hybridized carbons (Fsp3) is 0.818. The Morgan fingerprint density at radius 3 is 2.50 bits per heavy atom. The summed E-state index contributed by atoms with van der Waals surface area (Å²) < 4.78 is 5.14. The number of piperidine rings is 1. The molecule has 0 bridgehead atoms. The summed E-state index contributed by atoms with van der Waals surface area (Å²) >= 11 is 0. The second-order valence-corrected chi connectivity index (χ2v) is 5.19. The molecule has 1 N–H and O–H groups in total. The van der Waals surface area contributed by atoms with Crippen LogP contribution >= 0.6 is 0 Å². The molecule has 1 aliphatic rings. The Bertz CT molecular complexity index is 295. The van der Waals surface area contributed by atoms with Gasteiger partial charge in [-0.25, -0.2) is 9.69 Å². The van der Waals surface area contributed by atoms with Gasteiger partial charge in [0, 0.05) is 6.04 Å². The number of ether oxygens (including phenoxy) is 1. The van der Waals surface area contributed by atoms with Gasteiger partial charge in [0.05, 0.1) is 12.5 Å². The molecule has 0 unspecified atom stereocenters. The molecule has 0 saturated carbocycles. The second kappa shape index (κ2) is 4.41. The van der Waals surface area contributed by atoms with Gasteiger partial charge >= 0.3 is 6.09 Å². The second-order valence-electron chi connectivity index (χ2n) is 5.19. The Balaban J connectivity index is 2.71. The van der Waals surface area contributed by atoms with Gasteiger partial charge in [-0.05, 0) is 34.1 Å². The van der Waals surface area contributed by atoms with Crippen LogP contribution in [-0.4, -0.2) is 39.8 Å². The van der Waals surface area contributed by atoms with E-state index in [1.807, 2.05) is 0 Å². The third-order valence-corrected chi connectivity index (χ3v) is 2.32. The summed E-state index contributed by atoms with van der Waals surface area (Å²) in [6, 6.07) is -0.314.